The summed E-state index contributed by atoms with van der Waals surface area (Å²) < 4.78 is 46.2. The fourth-order valence-electron chi connectivity index (χ4n) is 3.61. The molecule has 1 aromatic heterocycles. The largest absolute Gasteiger partial charge is 0.351 e. The van der Waals surface area contributed by atoms with Crippen molar-refractivity contribution in [1.29, 1.82) is 0 Å². The molecule has 0 aliphatic heterocycles. The minimum atomic E-state index is -2.59. The third kappa shape index (κ3) is 3.01. The van der Waals surface area contributed by atoms with Crippen LogP contribution in [0.15, 0.2) is 0 Å². The van der Waals surface area contributed by atoms with Crippen LogP contribution in [0.2, 0.25) is 0 Å². The summed E-state index contributed by atoms with van der Waals surface area (Å²) in [5.41, 5.74) is 1.64. The number of alkyl halides is 3. The minimum absolute atomic E-state index is 0.164. The van der Waals surface area contributed by atoms with E-state index in [-0.39, 0.29) is 24.9 Å². The summed E-state index contributed by atoms with van der Waals surface area (Å²) >= 11 is 0. The van der Waals surface area contributed by atoms with Gasteiger partial charge in [-0.2, -0.15) is 5.10 Å². The maximum atomic E-state index is 13.2. The van der Waals surface area contributed by atoms with Crippen LogP contribution in [0.3, 0.4) is 0 Å². The molecule has 3 aliphatic rings. The number of rotatable bonds is 6. The van der Waals surface area contributed by atoms with Gasteiger partial charge in [0.05, 0.1) is 11.8 Å². The van der Waals surface area contributed by atoms with Gasteiger partial charge in [0.25, 0.3) is 0 Å². The maximum absolute atomic E-state index is 13.2. The van der Waals surface area contributed by atoms with Crippen LogP contribution in [-0.2, 0) is 11.8 Å². The zero-order valence-electron chi connectivity index (χ0n) is 13.5. The topological polar surface area (TPSA) is 59.3 Å². The molecule has 0 unspecified atom stereocenters. The van der Waals surface area contributed by atoms with Gasteiger partial charge in [0.15, 0.2) is 0 Å². The van der Waals surface area contributed by atoms with Gasteiger partial charge >= 0.3 is 0 Å². The standard InChI is InChI=1S/C16H22F3N3O2/c1-22-14(20-15(23)24-11-4-10(17)5-11)12(8-2-3-8)13(21-22)9-6-16(18,19)7-9/h8-11,15,20,23H,2-7H2,1H3/t10?,11?,15-/m0/s1. The lowest BCUT2D eigenvalue weighted by atomic mass is 9.77. The average Bonchev–Trinajstić information content (AvgIpc) is 3.21. The Morgan fingerprint density at radius 1 is 1.29 bits per heavy atom. The first-order valence-electron chi connectivity index (χ1n) is 8.51. The van der Waals surface area contributed by atoms with E-state index in [1.807, 2.05) is 0 Å². The van der Waals surface area contributed by atoms with Crippen molar-refractivity contribution in [2.75, 3.05) is 5.32 Å². The van der Waals surface area contributed by atoms with Crippen molar-refractivity contribution in [3.63, 3.8) is 0 Å². The number of nitrogens with one attached hydrogen (secondary N) is 1. The molecule has 1 heterocycles. The van der Waals surface area contributed by atoms with E-state index in [4.69, 9.17) is 4.74 Å². The number of hydrogen-bond acceptors (Lipinski definition) is 4. The van der Waals surface area contributed by atoms with Gasteiger partial charge in [0.2, 0.25) is 12.3 Å². The first kappa shape index (κ1) is 16.2. The zero-order chi connectivity index (χ0) is 17.1. The number of ether oxygens (including phenoxy) is 1. The van der Waals surface area contributed by atoms with Crippen LogP contribution in [0.5, 0.6) is 0 Å². The molecule has 0 spiro atoms. The highest BCUT2D eigenvalue weighted by Gasteiger charge is 2.49. The fourth-order valence-corrected chi connectivity index (χ4v) is 3.61. The van der Waals surface area contributed by atoms with Gasteiger partial charge in [-0.15, -0.1) is 0 Å². The number of aryl methyl sites for hydroxylation is 1. The lowest BCUT2D eigenvalue weighted by Gasteiger charge is -2.34. The number of hydrogen-bond donors (Lipinski definition) is 2. The Kier molecular flexibility index (Phi) is 3.80. The Balaban J connectivity index is 1.49. The molecule has 24 heavy (non-hydrogen) atoms. The van der Waals surface area contributed by atoms with E-state index in [2.05, 4.69) is 10.4 Å². The molecule has 4 rings (SSSR count). The minimum Gasteiger partial charge on any atom is -0.351 e. The van der Waals surface area contributed by atoms with Gasteiger partial charge in [0, 0.05) is 44.2 Å². The van der Waals surface area contributed by atoms with Crippen LogP contribution < -0.4 is 5.32 Å². The molecule has 0 radical (unpaired) electrons. The number of anilines is 1. The molecule has 3 saturated carbocycles. The molecular formula is C16H22F3N3O2. The van der Waals surface area contributed by atoms with Crippen LogP contribution in [0.1, 0.15) is 61.6 Å². The molecule has 2 N–H and O–H groups in total. The fraction of sp³-hybridized carbons (Fsp3) is 0.812. The van der Waals surface area contributed by atoms with Crippen LogP contribution in [0, 0.1) is 0 Å². The Morgan fingerprint density at radius 2 is 1.96 bits per heavy atom. The van der Waals surface area contributed by atoms with E-state index < -0.39 is 18.5 Å². The Labute approximate surface area is 138 Å². The Morgan fingerprint density at radius 3 is 2.50 bits per heavy atom. The number of aliphatic hydroxyl groups excluding tert-OH is 1. The first-order chi connectivity index (χ1) is 11.3. The predicted octanol–water partition coefficient (Wildman–Crippen LogP) is 3.02. The molecule has 0 aromatic carbocycles. The molecule has 1 aromatic rings. The van der Waals surface area contributed by atoms with Crippen LogP contribution in [0.25, 0.3) is 0 Å². The Bertz CT molecular complexity index is 618. The highest BCUT2D eigenvalue weighted by Crippen LogP contribution is 2.53. The third-order valence-corrected chi connectivity index (χ3v) is 5.19. The summed E-state index contributed by atoms with van der Waals surface area (Å²) in [6.07, 6.45) is -0.142. The highest BCUT2D eigenvalue weighted by molar-refractivity contribution is 5.53. The maximum Gasteiger partial charge on any atom is 0.249 e. The van der Waals surface area contributed by atoms with E-state index in [1.54, 1.807) is 11.7 Å². The van der Waals surface area contributed by atoms with E-state index in [1.165, 1.54) is 0 Å². The number of aliphatic hydroxyl groups is 1. The van der Waals surface area contributed by atoms with Crippen molar-refractivity contribution in [2.45, 2.75) is 75.0 Å². The van der Waals surface area contributed by atoms with Crippen LogP contribution in [0.4, 0.5) is 19.0 Å². The SMILES string of the molecule is Cn1nc(C2CC(F)(F)C2)c(C2CC2)c1N[C@@H](O)OC1CC(F)C1. The molecule has 134 valence electrons. The van der Waals surface area contributed by atoms with Gasteiger partial charge < -0.3 is 15.2 Å². The van der Waals surface area contributed by atoms with Gasteiger partial charge in [-0.1, -0.05) is 0 Å². The molecule has 8 heteroatoms. The second-order valence-electron chi connectivity index (χ2n) is 7.33. The summed E-state index contributed by atoms with van der Waals surface area (Å²) in [7, 11) is 1.72. The van der Waals surface area contributed by atoms with Gasteiger partial charge in [-0.3, -0.25) is 4.68 Å². The molecule has 0 amide bonds. The van der Waals surface area contributed by atoms with Crippen molar-refractivity contribution in [2.24, 2.45) is 7.05 Å². The molecule has 3 aliphatic carbocycles. The number of aromatic nitrogens is 2. The van der Waals surface area contributed by atoms with E-state index in [0.29, 0.717) is 30.3 Å². The summed E-state index contributed by atoms with van der Waals surface area (Å²) in [4.78, 5) is 0. The summed E-state index contributed by atoms with van der Waals surface area (Å²) in [5, 5.41) is 17.4. The summed E-state index contributed by atoms with van der Waals surface area (Å²) in [5.74, 6) is -1.90. The lowest BCUT2D eigenvalue weighted by molar-refractivity contribution is -0.155. The second-order valence-corrected chi connectivity index (χ2v) is 7.33. The van der Waals surface area contributed by atoms with Gasteiger partial charge in [-0.25, -0.2) is 13.2 Å². The molecule has 0 bridgehead atoms. The normalized spacial score (nSPS) is 30.5. The average molecular weight is 345 g/mol. The molecule has 5 nitrogen and oxygen atoms in total. The predicted molar refractivity (Wildman–Crippen MR) is 80.7 cm³/mol. The molecular weight excluding hydrogens is 323 g/mol. The van der Waals surface area contributed by atoms with Gasteiger partial charge in [0.1, 0.15) is 12.0 Å². The lowest BCUT2D eigenvalue weighted by Crippen LogP contribution is -2.38. The van der Waals surface area contributed by atoms with Crippen molar-refractivity contribution in [3.05, 3.63) is 11.3 Å². The summed E-state index contributed by atoms with van der Waals surface area (Å²) in [6, 6.07) is 0. The molecule has 0 saturated heterocycles. The molecule has 1 atom stereocenters. The molecule has 3 fully saturated rings. The van der Waals surface area contributed by atoms with Crippen LogP contribution in [-0.4, -0.2) is 39.5 Å². The van der Waals surface area contributed by atoms with Crippen molar-refractivity contribution < 1.29 is 23.0 Å². The number of nitrogens with zero attached hydrogens (tertiary/aromatic N) is 2. The third-order valence-electron chi connectivity index (χ3n) is 5.19. The van der Waals surface area contributed by atoms with Gasteiger partial charge in [-0.05, 0) is 18.8 Å². The Hall–Kier alpha value is -1.28. The smallest absolute Gasteiger partial charge is 0.249 e. The number of halogens is 3. The van der Waals surface area contributed by atoms with Crippen molar-refractivity contribution >= 4 is 5.82 Å². The quantitative estimate of drug-likeness (QED) is 0.778. The van der Waals surface area contributed by atoms with Crippen LogP contribution >= 0.6 is 0 Å². The first-order valence-corrected chi connectivity index (χ1v) is 8.51. The highest BCUT2D eigenvalue weighted by atomic mass is 19.3. The zero-order valence-corrected chi connectivity index (χ0v) is 13.5. The van der Waals surface area contributed by atoms with Crippen molar-refractivity contribution in [3.8, 4) is 0 Å². The summed E-state index contributed by atoms with van der Waals surface area (Å²) in [6.45, 7) is 0. The second kappa shape index (κ2) is 5.62. The van der Waals surface area contributed by atoms with E-state index in [9.17, 15) is 18.3 Å². The van der Waals surface area contributed by atoms with Crippen molar-refractivity contribution in [1.82, 2.24) is 9.78 Å². The monoisotopic (exact) mass is 345 g/mol. The van der Waals surface area contributed by atoms with E-state index in [0.717, 1.165) is 18.4 Å². The van der Waals surface area contributed by atoms with E-state index >= 15 is 0 Å².